The molecule has 5 nitrogen and oxygen atoms in total. The van der Waals surface area contributed by atoms with Gasteiger partial charge in [-0.3, -0.25) is 9.69 Å². The Morgan fingerprint density at radius 3 is 2.58 bits per heavy atom. The summed E-state index contributed by atoms with van der Waals surface area (Å²) in [5.74, 6) is -0.213. The van der Waals surface area contributed by atoms with E-state index >= 15 is 0 Å². The van der Waals surface area contributed by atoms with E-state index in [0.29, 0.717) is 18.6 Å². The second-order valence-electron chi connectivity index (χ2n) is 6.06. The lowest BCUT2D eigenvalue weighted by molar-refractivity contribution is -0.119. The molecule has 1 amide bonds. The summed E-state index contributed by atoms with van der Waals surface area (Å²) in [6.07, 6.45) is 6.30. The van der Waals surface area contributed by atoms with Gasteiger partial charge in [0.2, 0.25) is 5.91 Å². The predicted octanol–water partition coefficient (Wildman–Crippen LogP) is 0.0100. The predicted molar refractivity (Wildman–Crippen MR) is 76.9 cm³/mol. The Hall–Kier alpha value is -0.650. The highest BCUT2D eigenvalue weighted by molar-refractivity contribution is 5.75. The molecule has 0 aromatic heterocycles. The topological polar surface area (TPSA) is 61.6 Å². The Kier molecular flexibility index (Phi) is 5.60. The van der Waals surface area contributed by atoms with Gasteiger partial charge in [-0.2, -0.15) is 0 Å². The van der Waals surface area contributed by atoms with Crippen molar-refractivity contribution in [2.45, 2.75) is 44.2 Å². The van der Waals surface area contributed by atoms with Crippen LogP contribution in [0.1, 0.15) is 32.1 Å². The highest BCUT2D eigenvalue weighted by atomic mass is 16.1. The van der Waals surface area contributed by atoms with Crippen LogP contribution < -0.4 is 11.1 Å². The van der Waals surface area contributed by atoms with E-state index in [0.717, 1.165) is 32.5 Å². The fraction of sp³-hybridized carbons (Fsp3) is 0.929. The van der Waals surface area contributed by atoms with Crippen molar-refractivity contribution in [1.29, 1.82) is 0 Å². The first-order valence-electron chi connectivity index (χ1n) is 7.59. The van der Waals surface area contributed by atoms with Gasteiger partial charge in [-0.1, -0.05) is 6.42 Å². The van der Waals surface area contributed by atoms with Gasteiger partial charge in [-0.05, 0) is 39.3 Å². The summed E-state index contributed by atoms with van der Waals surface area (Å²) in [5.41, 5.74) is 5.23. The second kappa shape index (κ2) is 7.22. The molecule has 0 aromatic carbocycles. The number of piperidine rings is 2. The molecule has 0 spiro atoms. The number of amides is 1. The van der Waals surface area contributed by atoms with Crippen LogP contribution in [0, 0.1) is 0 Å². The Labute approximate surface area is 116 Å². The summed E-state index contributed by atoms with van der Waals surface area (Å²) in [5, 5.41) is 3.71. The van der Waals surface area contributed by atoms with E-state index in [4.69, 9.17) is 5.73 Å². The lowest BCUT2D eigenvalue weighted by Crippen LogP contribution is -2.49. The molecule has 0 radical (unpaired) electrons. The van der Waals surface area contributed by atoms with Gasteiger partial charge in [0.1, 0.15) is 0 Å². The van der Waals surface area contributed by atoms with Crippen molar-refractivity contribution < 1.29 is 4.79 Å². The Bertz CT molecular complexity index is 289. The molecule has 2 rings (SSSR count). The summed E-state index contributed by atoms with van der Waals surface area (Å²) < 4.78 is 0. The van der Waals surface area contributed by atoms with Crippen molar-refractivity contribution in [2.75, 3.05) is 39.8 Å². The minimum absolute atomic E-state index is 0.213. The van der Waals surface area contributed by atoms with Crippen molar-refractivity contribution in [2.24, 2.45) is 5.73 Å². The Morgan fingerprint density at radius 1 is 1.21 bits per heavy atom. The van der Waals surface area contributed by atoms with Crippen LogP contribution in [0.25, 0.3) is 0 Å². The number of primary amides is 1. The summed E-state index contributed by atoms with van der Waals surface area (Å²) in [4.78, 5) is 15.5. The van der Waals surface area contributed by atoms with Gasteiger partial charge in [0.15, 0.2) is 0 Å². The number of nitrogens with zero attached hydrogens (tertiary/aromatic N) is 2. The lowest BCUT2D eigenvalue weighted by Gasteiger charge is -2.36. The molecule has 1 atom stereocenters. The highest BCUT2D eigenvalue weighted by Crippen LogP contribution is 2.15. The van der Waals surface area contributed by atoms with Crippen LogP contribution in [0.5, 0.6) is 0 Å². The van der Waals surface area contributed by atoms with E-state index in [2.05, 4.69) is 22.2 Å². The van der Waals surface area contributed by atoms with Crippen LogP contribution in [-0.4, -0.2) is 67.6 Å². The molecule has 110 valence electrons. The normalized spacial score (nSPS) is 27.5. The van der Waals surface area contributed by atoms with Crippen LogP contribution in [-0.2, 0) is 4.79 Å². The monoisotopic (exact) mass is 268 g/mol. The van der Waals surface area contributed by atoms with E-state index in [-0.39, 0.29) is 5.91 Å². The maximum atomic E-state index is 10.9. The number of nitrogens with two attached hydrogens (primary N) is 1. The van der Waals surface area contributed by atoms with Gasteiger partial charge in [0, 0.05) is 31.7 Å². The molecule has 2 aliphatic rings. The largest absolute Gasteiger partial charge is 0.369 e. The SMILES string of the molecule is CN1CCCCC1CNC1CCN(CC(N)=O)CC1. The number of carbonyl (C=O) groups excluding carboxylic acids is 1. The molecule has 2 saturated heterocycles. The van der Waals surface area contributed by atoms with Crippen molar-refractivity contribution in [3.8, 4) is 0 Å². The number of rotatable bonds is 5. The van der Waals surface area contributed by atoms with Crippen molar-refractivity contribution in [3.05, 3.63) is 0 Å². The Balaban J connectivity index is 1.64. The fourth-order valence-corrected chi connectivity index (χ4v) is 3.22. The van der Waals surface area contributed by atoms with Crippen molar-refractivity contribution in [3.63, 3.8) is 0 Å². The first-order valence-corrected chi connectivity index (χ1v) is 7.59. The molecule has 2 aliphatic heterocycles. The molecule has 0 aromatic rings. The van der Waals surface area contributed by atoms with E-state index in [1.807, 2.05) is 0 Å². The zero-order valence-electron chi connectivity index (χ0n) is 12.1. The number of likely N-dealkylation sites (N-methyl/N-ethyl adjacent to an activating group) is 1. The lowest BCUT2D eigenvalue weighted by atomic mass is 10.0. The van der Waals surface area contributed by atoms with Crippen LogP contribution in [0.4, 0.5) is 0 Å². The second-order valence-corrected chi connectivity index (χ2v) is 6.06. The molecule has 5 heteroatoms. The van der Waals surface area contributed by atoms with Crippen LogP contribution in [0.3, 0.4) is 0 Å². The zero-order valence-corrected chi connectivity index (χ0v) is 12.1. The maximum absolute atomic E-state index is 10.9. The molecule has 1 unspecified atom stereocenters. The molecule has 0 aliphatic carbocycles. The maximum Gasteiger partial charge on any atom is 0.231 e. The van der Waals surface area contributed by atoms with E-state index in [1.54, 1.807) is 0 Å². The number of hydrogen-bond acceptors (Lipinski definition) is 4. The summed E-state index contributed by atoms with van der Waals surface area (Å²) in [6, 6.07) is 1.32. The average Bonchev–Trinajstić information content (AvgIpc) is 2.39. The van der Waals surface area contributed by atoms with Crippen molar-refractivity contribution >= 4 is 5.91 Å². The first kappa shape index (κ1) is 14.8. The summed E-state index contributed by atoms with van der Waals surface area (Å²) >= 11 is 0. The molecule has 2 fully saturated rings. The zero-order chi connectivity index (χ0) is 13.7. The van der Waals surface area contributed by atoms with Crippen LogP contribution in [0.2, 0.25) is 0 Å². The van der Waals surface area contributed by atoms with Crippen LogP contribution in [0.15, 0.2) is 0 Å². The Morgan fingerprint density at radius 2 is 1.95 bits per heavy atom. The molecular weight excluding hydrogens is 240 g/mol. The highest BCUT2D eigenvalue weighted by Gasteiger charge is 2.23. The van der Waals surface area contributed by atoms with Gasteiger partial charge in [0.25, 0.3) is 0 Å². The standard InChI is InChI=1S/C14H28N4O/c1-17-7-3-2-4-13(17)10-16-12-5-8-18(9-6-12)11-14(15)19/h12-13,16H,2-11H2,1H3,(H2,15,19). The third-order valence-corrected chi connectivity index (χ3v) is 4.53. The number of hydrogen-bond donors (Lipinski definition) is 2. The number of likely N-dealkylation sites (tertiary alicyclic amines) is 2. The fourth-order valence-electron chi connectivity index (χ4n) is 3.22. The number of nitrogens with one attached hydrogen (secondary N) is 1. The molecular formula is C14H28N4O. The van der Waals surface area contributed by atoms with Gasteiger partial charge in [0.05, 0.1) is 6.54 Å². The molecule has 0 bridgehead atoms. The molecule has 2 heterocycles. The smallest absolute Gasteiger partial charge is 0.231 e. The van der Waals surface area contributed by atoms with E-state index in [1.165, 1.54) is 25.8 Å². The van der Waals surface area contributed by atoms with Crippen molar-refractivity contribution in [1.82, 2.24) is 15.1 Å². The first-order chi connectivity index (χ1) is 9.15. The van der Waals surface area contributed by atoms with E-state index < -0.39 is 0 Å². The molecule has 19 heavy (non-hydrogen) atoms. The third-order valence-electron chi connectivity index (χ3n) is 4.53. The average molecular weight is 268 g/mol. The molecule has 0 saturated carbocycles. The van der Waals surface area contributed by atoms with Gasteiger partial charge < -0.3 is 16.0 Å². The van der Waals surface area contributed by atoms with Gasteiger partial charge >= 0.3 is 0 Å². The number of carbonyl (C=O) groups is 1. The molecule has 3 N–H and O–H groups in total. The third kappa shape index (κ3) is 4.75. The summed E-state index contributed by atoms with van der Waals surface area (Å²) in [7, 11) is 2.24. The van der Waals surface area contributed by atoms with Gasteiger partial charge in [-0.15, -0.1) is 0 Å². The quantitative estimate of drug-likeness (QED) is 0.737. The summed E-state index contributed by atoms with van der Waals surface area (Å²) in [6.45, 7) is 4.74. The van der Waals surface area contributed by atoms with Crippen LogP contribution >= 0.6 is 0 Å². The minimum Gasteiger partial charge on any atom is -0.369 e. The van der Waals surface area contributed by atoms with E-state index in [9.17, 15) is 4.79 Å². The van der Waals surface area contributed by atoms with Gasteiger partial charge in [-0.25, -0.2) is 0 Å². The minimum atomic E-state index is -0.213.